The lowest BCUT2D eigenvalue weighted by Gasteiger charge is -2.08. The SMILES string of the molecule is O=C(O)O.O=C1CCCc2cc(C(=O)C3CC3)ccc2N1. The van der Waals surface area contributed by atoms with E-state index in [-0.39, 0.29) is 17.6 Å². The van der Waals surface area contributed by atoms with Crippen molar-refractivity contribution in [3.63, 3.8) is 0 Å². The minimum absolute atomic E-state index is 0.0741. The number of carbonyl (C=O) groups excluding carboxylic acids is 2. The van der Waals surface area contributed by atoms with E-state index in [4.69, 9.17) is 15.0 Å². The number of carbonyl (C=O) groups is 3. The van der Waals surface area contributed by atoms with Crippen molar-refractivity contribution in [1.82, 2.24) is 0 Å². The van der Waals surface area contributed by atoms with Crippen molar-refractivity contribution in [2.24, 2.45) is 5.92 Å². The van der Waals surface area contributed by atoms with E-state index in [0.29, 0.717) is 6.42 Å². The molecule has 0 atom stereocenters. The Kier molecular flexibility index (Phi) is 4.57. The molecule has 3 rings (SSSR count). The van der Waals surface area contributed by atoms with Gasteiger partial charge in [-0.2, -0.15) is 0 Å². The molecule has 21 heavy (non-hydrogen) atoms. The Morgan fingerprint density at radius 2 is 1.81 bits per heavy atom. The summed E-state index contributed by atoms with van der Waals surface area (Å²) in [4.78, 5) is 31.9. The second-order valence-electron chi connectivity index (χ2n) is 5.19. The standard InChI is InChI=1S/C14H15NO2.CH2O3/c16-13-3-1-2-10-8-11(6-7-12(10)15-13)14(17)9-4-5-9;2-1(3)4/h6-9H,1-5H2,(H,15,16);(H2,2,3,4). The van der Waals surface area contributed by atoms with Gasteiger partial charge >= 0.3 is 6.16 Å². The van der Waals surface area contributed by atoms with Gasteiger partial charge in [-0.1, -0.05) is 0 Å². The summed E-state index contributed by atoms with van der Waals surface area (Å²) in [7, 11) is 0. The first-order valence-electron chi connectivity index (χ1n) is 6.86. The summed E-state index contributed by atoms with van der Waals surface area (Å²) < 4.78 is 0. The zero-order chi connectivity index (χ0) is 15.4. The van der Waals surface area contributed by atoms with E-state index in [9.17, 15) is 9.59 Å². The van der Waals surface area contributed by atoms with Gasteiger partial charge in [-0.15, -0.1) is 0 Å². The van der Waals surface area contributed by atoms with Crippen LogP contribution in [-0.2, 0) is 11.2 Å². The summed E-state index contributed by atoms with van der Waals surface area (Å²) >= 11 is 0. The lowest BCUT2D eigenvalue weighted by atomic mass is 10.0. The molecule has 0 aromatic heterocycles. The number of rotatable bonds is 2. The number of Topliss-reactive ketones (excluding diaryl/α,β-unsaturated/α-hetero) is 1. The van der Waals surface area contributed by atoms with Crippen LogP contribution in [0.3, 0.4) is 0 Å². The number of amides is 1. The van der Waals surface area contributed by atoms with Gasteiger partial charge in [0.2, 0.25) is 5.91 Å². The van der Waals surface area contributed by atoms with Crippen LogP contribution in [0.25, 0.3) is 0 Å². The molecule has 3 N–H and O–H groups in total. The van der Waals surface area contributed by atoms with Gasteiger partial charge in [0.15, 0.2) is 5.78 Å². The molecule has 1 aromatic carbocycles. The molecule has 0 spiro atoms. The Hall–Kier alpha value is -2.37. The predicted octanol–water partition coefficient (Wildman–Crippen LogP) is 2.78. The largest absolute Gasteiger partial charge is 0.503 e. The first-order chi connectivity index (χ1) is 9.97. The third kappa shape index (κ3) is 4.30. The summed E-state index contributed by atoms with van der Waals surface area (Å²) in [5.41, 5.74) is 2.78. The number of anilines is 1. The van der Waals surface area contributed by atoms with E-state index in [1.165, 1.54) is 0 Å². The fraction of sp³-hybridized carbons (Fsp3) is 0.400. The number of ketones is 1. The van der Waals surface area contributed by atoms with Gasteiger partial charge in [0, 0.05) is 23.6 Å². The molecule has 1 amide bonds. The highest BCUT2D eigenvalue weighted by Crippen LogP contribution is 2.33. The smallest absolute Gasteiger partial charge is 0.450 e. The zero-order valence-corrected chi connectivity index (χ0v) is 11.5. The number of hydrogen-bond donors (Lipinski definition) is 3. The van der Waals surface area contributed by atoms with Crippen LogP contribution >= 0.6 is 0 Å². The number of hydrogen-bond acceptors (Lipinski definition) is 3. The highest BCUT2D eigenvalue weighted by molar-refractivity contribution is 6.00. The number of carboxylic acid groups (broad SMARTS) is 2. The molecular formula is C15H17NO5. The monoisotopic (exact) mass is 291 g/mol. The van der Waals surface area contributed by atoms with Gasteiger partial charge in [0.25, 0.3) is 0 Å². The van der Waals surface area contributed by atoms with Gasteiger partial charge in [-0.05, 0) is 49.4 Å². The van der Waals surface area contributed by atoms with Gasteiger partial charge in [0.1, 0.15) is 0 Å². The normalized spacial score (nSPS) is 16.7. The average Bonchev–Trinajstić information content (AvgIpc) is 3.23. The van der Waals surface area contributed by atoms with E-state index in [2.05, 4.69) is 5.32 Å². The van der Waals surface area contributed by atoms with E-state index in [0.717, 1.165) is 42.5 Å². The fourth-order valence-electron chi connectivity index (χ4n) is 2.31. The highest BCUT2D eigenvalue weighted by atomic mass is 16.6. The molecule has 1 aliphatic heterocycles. The number of nitrogens with one attached hydrogen (secondary N) is 1. The predicted molar refractivity (Wildman–Crippen MR) is 75.7 cm³/mol. The number of aryl methyl sites for hydroxylation is 1. The molecule has 0 saturated heterocycles. The van der Waals surface area contributed by atoms with Crippen LogP contribution < -0.4 is 5.32 Å². The van der Waals surface area contributed by atoms with Crippen molar-refractivity contribution in [2.75, 3.05) is 5.32 Å². The Labute approximate surface area is 121 Å². The molecule has 1 aromatic rings. The first-order valence-corrected chi connectivity index (χ1v) is 6.86. The van der Waals surface area contributed by atoms with Gasteiger partial charge in [-0.25, -0.2) is 4.79 Å². The highest BCUT2D eigenvalue weighted by Gasteiger charge is 2.30. The molecule has 6 heteroatoms. The van der Waals surface area contributed by atoms with Crippen molar-refractivity contribution in [3.8, 4) is 0 Å². The summed E-state index contributed by atoms with van der Waals surface area (Å²) in [5, 5.41) is 16.8. The Balaban J connectivity index is 0.000000361. The molecule has 0 bridgehead atoms. The number of benzene rings is 1. The van der Waals surface area contributed by atoms with Gasteiger partial charge in [0.05, 0.1) is 0 Å². The third-order valence-electron chi connectivity index (χ3n) is 3.46. The van der Waals surface area contributed by atoms with Crippen molar-refractivity contribution in [1.29, 1.82) is 0 Å². The van der Waals surface area contributed by atoms with E-state index >= 15 is 0 Å². The van der Waals surface area contributed by atoms with E-state index in [1.54, 1.807) is 0 Å². The lowest BCUT2D eigenvalue weighted by Crippen LogP contribution is -2.09. The van der Waals surface area contributed by atoms with Crippen molar-refractivity contribution in [2.45, 2.75) is 32.1 Å². The molecule has 2 aliphatic rings. The van der Waals surface area contributed by atoms with Crippen LogP contribution in [0.1, 0.15) is 41.6 Å². The molecule has 0 unspecified atom stereocenters. The van der Waals surface area contributed by atoms with Crippen LogP contribution in [0, 0.1) is 5.92 Å². The van der Waals surface area contributed by atoms with Crippen molar-refractivity contribution < 1.29 is 24.6 Å². The molecule has 1 saturated carbocycles. The van der Waals surface area contributed by atoms with Crippen molar-refractivity contribution in [3.05, 3.63) is 29.3 Å². The van der Waals surface area contributed by atoms with Gasteiger partial charge in [-0.3, -0.25) is 9.59 Å². The second-order valence-corrected chi connectivity index (χ2v) is 5.19. The maximum absolute atomic E-state index is 12.0. The van der Waals surface area contributed by atoms with Crippen LogP contribution in [-0.4, -0.2) is 28.1 Å². The van der Waals surface area contributed by atoms with Crippen LogP contribution in [0.2, 0.25) is 0 Å². The molecular weight excluding hydrogens is 274 g/mol. The maximum atomic E-state index is 12.0. The summed E-state index contributed by atoms with van der Waals surface area (Å²) in [6, 6.07) is 5.67. The summed E-state index contributed by atoms with van der Waals surface area (Å²) in [6.07, 6.45) is 2.54. The Morgan fingerprint density at radius 1 is 1.14 bits per heavy atom. The topological polar surface area (TPSA) is 104 Å². The van der Waals surface area contributed by atoms with Crippen LogP contribution in [0.4, 0.5) is 10.5 Å². The first kappa shape index (κ1) is 15.0. The van der Waals surface area contributed by atoms with Crippen LogP contribution in [0.5, 0.6) is 0 Å². The molecule has 0 radical (unpaired) electrons. The second kappa shape index (κ2) is 6.39. The summed E-state index contributed by atoms with van der Waals surface area (Å²) in [6.45, 7) is 0. The Morgan fingerprint density at radius 3 is 2.43 bits per heavy atom. The minimum Gasteiger partial charge on any atom is -0.450 e. The third-order valence-corrected chi connectivity index (χ3v) is 3.46. The van der Waals surface area contributed by atoms with Crippen LogP contribution in [0.15, 0.2) is 18.2 Å². The average molecular weight is 291 g/mol. The fourth-order valence-corrected chi connectivity index (χ4v) is 2.31. The lowest BCUT2D eigenvalue weighted by molar-refractivity contribution is -0.116. The molecule has 6 nitrogen and oxygen atoms in total. The van der Waals surface area contributed by atoms with E-state index in [1.807, 2.05) is 18.2 Å². The molecule has 1 heterocycles. The molecule has 1 fully saturated rings. The molecule has 1 aliphatic carbocycles. The van der Waals surface area contributed by atoms with Crippen molar-refractivity contribution >= 4 is 23.5 Å². The zero-order valence-electron chi connectivity index (χ0n) is 11.5. The quantitative estimate of drug-likeness (QED) is 0.727. The molecule has 112 valence electrons. The number of fused-ring (bicyclic) bond motifs is 1. The van der Waals surface area contributed by atoms with Gasteiger partial charge < -0.3 is 15.5 Å². The summed E-state index contributed by atoms with van der Waals surface area (Å²) in [5.74, 6) is 0.599. The Bertz CT molecular complexity index is 573. The minimum atomic E-state index is -1.83. The van der Waals surface area contributed by atoms with E-state index < -0.39 is 6.16 Å². The maximum Gasteiger partial charge on any atom is 0.503 e.